The molecule has 8 heteroatoms. The molecule has 0 spiro atoms. The lowest BCUT2D eigenvalue weighted by Crippen LogP contribution is -2.62. The van der Waals surface area contributed by atoms with Gasteiger partial charge < -0.3 is 14.9 Å². The maximum atomic E-state index is 10.1. The number of rotatable bonds is 5. The van der Waals surface area contributed by atoms with Gasteiger partial charge in [-0.1, -0.05) is 57.3 Å². The zero-order valence-corrected chi connectivity index (χ0v) is 26.2. The van der Waals surface area contributed by atoms with E-state index in [1.807, 2.05) is 11.9 Å². The summed E-state index contributed by atoms with van der Waals surface area (Å²) in [6.07, 6.45) is 8.66. The van der Waals surface area contributed by atoms with E-state index in [0.717, 1.165) is 32.2 Å². The molecule has 0 amide bonds. The van der Waals surface area contributed by atoms with Gasteiger partial charge in [-0.3, -0.25) is 15.5 Å². The van der Waals surface area contributed by atoms with Crippen LogP contribution >= 0.6 is 11.9 Å². The SMILES string of the molecule is Cc1cccc(C)c1C1CC2NC(NSC3CCCC(C3)CN(C3CC(CO)(CO)C3)[C@H](CC(C)(C)C)CO2)N1. The minimum atomic E-state index is -0.323. The Hall–Kier alpha value is -0.710. The van der Waals surface area contributed by atoms with Crippen LogP contribution < -0.4 is 15.4 Å². The van der Waals surface area contributed by atoms with E-state index >= 15 is 0 Å². The van der Waals surface area contributed by atoms with Crippen molar-refractivity contribution in [1.82, 2.24) is 20.3 Å². The molecule has 0 aromatic heterocycles. The molecule has 6 atom stereocenters. The summed E-state index contributed by atoms with van der Waals surface area (Å²) in [7, 11) is 0. The summed E-state index contributed by atoms with van der Waals surface area (Å²) >= 11 is 1.90. The van der Waals surface area contributed by atoms with Crippen molar-refractivity contribution < 1.29 is 14.9 Å². The summed E-state index contributed by atoms with van der Waals surface area (Å²) in [5.41, 5.74) is 3.90. The van der Waals surface area contributed by atoms with Crippen LogP contribution in [0.2, 0.25) is 0 Å². The number of nitrogens with zero attached hydrogens (tertiary/aromatic N) is 1. The van der Waals surface area contributed by atoms with E-state index in [1.165, 1.54) is 42.4 Å². The fourth-order valence-corrected chi connectivity index (χ4v) is 8.93. The predicted octanol–water partition coefficient (Wildman–Crippen LogP) is 4.60. The Kier molecular flexibility index (Phi) is 9.90. The molecule has 7 nitrogen and oxygen atoms in total. The van der Waals surface area contributed by atoms with Crippen LogP contribution in [-0.4, -0.2) is 71.3 Å². The van der Waals surface area contributed by atoms with Crippen molar-refractivity contribution in [2.75, 3.05) is 26.4 Å². The van der Waals surface area contributed by atoms with Gasteiger partial charge in [0.05, 0.1) is 19.8 Å². The minimum Gasteiger partial charge on any atom is -0.396 e. The first-order valence-electron chi connectivity index (χ1n) is 15.7. The van der Waals surface area contributed by atoms with Crippen molar-refractivity contribution in [2.24, 2.45) is 16.7 Å². The molecule has 226 valence electrons. The van der Waals surface area contributed by atoms with Gasteiger partial charge in [-0.15, -0.1) is 0 Å². The molecule has 0 radical (unpaired) electrons. The van der Waals surface area contributed by atoms with Crippen molar-refractivity contribution in [3.05, 3.63) is 34.9 Å². The summed E-state index contributed by atoms with van der Waals surface area (Å²) in [6, 6.07) is 7.50. The van der Waals surface area contributed by atoms with Gasteiger partial charge in [0.1, 0.15) is 12.5 Å². The van der Waals surface area contributed by atoms with E-state index in [2.05, 4.69) is 73.1 Å². The highest BCUT2D eigenvalue weighted by Crippen LogP contribution is 2.46. The van der Waals surface area contributed by atoms with Crippen molar-refractivity contribution in [2.45, 2.75) is 122 Å². The quantitative estimate of drug-likeness (QED) is 0.326. The fourth-order valence-electron chi connectivity index (χ4n) is 7.81. The summed E-state index contributed by atoms with van der Waals surface area (Å²) < 4.78 is 10.6. The standard InChI is InChI=1S/C32H54N4O3S/c1-21-8-6-9-22(2)29(21)27-13-28-34-30(33-27)35-40-26-11-7-10-23(12-26)17-36(24-15-32(16-24,19-37)20-38)25(18-39-28)14-31(3,4)5/h6,8-9,23-28,30,33-35,37-38H,7,10-20H2,1-5H3/t23?,25-,26?,27?,28?,30?/m1/s1. The molecule has 1 aromatic carbocycles. The van der Waals surface area contributed by atoms with Crippen molar-refractivity contribution in [3.8, 4) is 0 Å². The van der Waals surface area contributed by atoms with Gasteiger partial charge in [0.2, 0.25) is 0 Å². The number of aliphatic hydroxyl groups excluding tert-OH is 2. The molecule has 2 aliphatic carbocycles. The molecule has 4 aliphatic rings. The van der Waals surface area contributed by atoms with Gasteiger partial charge in [0.25, 0.3) is 0 Å². The maximum absolute atomic E-state index is 10.1. The number of hydrogen-bond donors (Lipinski definition) is 5. The molecule has 1 aromatic rings. The maximum Gasteiger partial charge on any atom is 0.123 e. The first kappa shape index (κ1) is 30.7. The average Bonchev–Trinajstić information content (AvgIpc) is 2.89. The molecular formula is C32H54N4O3S. The molecular weight excluding hydrogens is 520 g/mol. The second-order valence-electron chi connectivity index (χ2n) is 14.6. The Bertz CT molecular complexity index is 955. The summed E-state index contributed by atoms with van der Waals surface area (Å²) in [6.45, 7) is 13.4. The molecule has 2 aliphatic heterocycles. The van der Waals surface area contributed by atoms with Gasteiger partial charge in [0, 0.05) is 41.8 Å². The number of nitrogens with one attached hydrogen (secondary N) is 3. The highest BCUT2D eigenvalue weighted by atomic mass is 32.2. The second kappa shape index (κ2) is 12.9. The van der Waals surface area contributed by atoms with Gasteiger partial charge in [-0.25, -0.2) is 4.72 Å². The number of benzene rings is 1. The van der Waals surface area contributed by atoms with Crippen LogP contribution in [0.3, 0.4) is 0 Å². The van der Waals surface area contributed by atoms with Gasteiger partial charge in [0.15, 0.2) is 0 Å². The highest BCUT2D eigenvalue weighted by Gasteiger charge is 2.48. The Morgan fingerprint density at radius 2 is 1.77 bits per heavy atom. The molecule has 4 bridgehead atoms. The van der Waals surface area contributed by atoms with Crippen LogP contribution in [0.4, 0.5) is 0 Å². The third kappa shape index (κ3) is 7.25. The Morgan fingerprint density at radius 3 is 2.45 bits per heavy atom. The van der Waals surface area contributed by atoms with Crippen LogP contribution in [0.1, 0.15) is 94.9 Å². The molecule has 5 N–H and O–H groups in total. The van der Waals surface area contributed by atoms with Gasteiger partial charge in [-0.05, 0) is 80.4 Å². The zero-order valence-electron chi connectivity index (χ0n) is 25.4. The van der Waals surface area contributed by atoms with E-state index < -0.39 is 0 Å². The number of aryl methyl sites for hydroxylation is 2. The molecule has 2 heterocycles. The normalized spacial score (nSPS) is 34.3. The highest BCUT2D eigenvalue weighted by molar-refractivity contribution is 7.98. The molecule has 2 saturated heterocycles. The Balaban J connectivity index is 1.42. The van der Waals surface area contributed by atoms with E-state index in [0.29, 0.717) is 29.9 Å². The van der Waals surface area contributed by atoms with Gasteiger partial charge >= 0.3 is 0 Å². The first-order chi connectivity index (χ1) is 19.1. The van der Waals surface area contributed by atoms with Gasteiger partial charge in [-0.2, -0.15) is 0 Å². The molecule has 2 saturated carbocycles. The van der Waals surface area contributed by atoms with E-state index in [1.54, 1.807) is 0 Å². The van der Waals surface area contributed by atoms with Crippen LogP contribution in [0.25, 0.3) is 0 Å². The number of ether oxygens (including phenoxy) is 1. The van der Waals surface area contributed by atoms with Crippen LogP contribution in [0, 0.1) is 30.6 Å². The number of fused-ring (bicyclic) bond motifs is 4. The lowest BCUT2D eigenvalue weighted by atomic mass is 9.65. The first-order valence-corrected chi connectivity index (χ1v) is 16.5. The molecule has 4 fully saturated rings. The molecule has 5 unspecified atom stereocenters. The molecule has 5 rings (SSSR count). The Labute approximate surface area is 246 Å². The molecule has 40 heavy (non-hydrogen) atoms. The Morgan fingerprint density at radius 1 is 1.05 bits per heavy atom. The largest absolute Gasteiger partial charge is 0.396 e. The zero-order chi connectivity index (χ0) is 28.5. The van der Waals surface area contributed by atoms with Crippen molar-refractivity contribution >= 4 is 11.9 Å². The van der Waals surface area contributed by atoms with E-state index in [4.69, 9.17) is 4.74 Å². The predicted molar refractivity (Wildman–Crippen MR) is 164 cm³/mol. The van der Waals surface area contributed by atoms with Crippen LogP contribution in [0.15, 0.2) is 18.2 Å². The lowest BCUT2D eigenvalue weighted by molar-refractivity contribution is -0.109. The fraction of sp³-hybridized carbons (Fsp3) is 0.812. The summed E-state index contributed by atoms with van der Waals surface area (Å²) in [5, 5.41) is 28.3. The third-order valence-corrected chi connectivity index (χ3v) is 11.0. The van der Waals surface area contributed by atoms with Crippen LogP contribution in [-0.2, 0) is 4.74 Å². The van der Waals surface area contributed by atoms with E-state index in [9.17, 15) is 10.2 Å². The van der Waals surface area contributed by atoms with Crippen molar-refractivity contribution in [3.63, 3.8) is 0 Å². The summed E-state index contributed by atoms with van der Waals surface area (Å²) in [5.74, 6) is 0.664. The van der Waals surface area contributed by atoms with Crippen LogP contribution in [0.5, 0.6) is 0 Å². The summed E-state index contributed by atoms with van der Waals surface area (Å²) in [4.78, 5) is 2.75. The second-order valence-corrected chi connectivity index (χ2v) is 15.7. The lowest BCUT2D eigenvalue weighted by Gasteiger charge is -2.54. The van der Waals surface area contributed by atoms with E-state index in [-0.39, 0.29) is 42.6 Å². The monoisotopic (exact) mass is 574 g/mol. The third-order valence-electron chi connectivity index (χ3n) is 9.90. The number of aliphatic hydroxyl groups is 2. The smallest absolute Gasteiger partial charge is 0.123 e. The number of hydrogen-bond acceptors (Lipinski definition) is 8. The topological polar surface area (TPSA) is 89.0 Å². The minimum absolute atomic E-state index is 0.0209. The average molecular weight is 575 g/mol. The van der Waals surface area contributed by atoms with Crippen molar-refractivity contribution in [1.29, 1.82) is 0 Å².